The summed E-state index contributed by atoms with van der Waals surface area (Å²) in [6, 6.07) is 24.4. The average molecular weight is 656 g/mol. The van der Waals surface area contributed by atoms with Crippen LogP contribution in [-0.2, 0) is 13.6 Å². The first kappa shape index (κ1) is 30.2. The zero-order valence-corrected chi connectivity index (χ0v) is 26.8. The lowest BCUT2D eigenvalue weighted by Crippen LogP contribution is -2.48. The highest BCUT2D eigenvalue weighted by Gasteiger charge is 2.25. The number of ether oxygens (including phenoxy) is 3. The monoisotopic (exact) mass is 655 g/mol. The van der Waals surface area contributed by atoms with Crippen molar-refractivity contribution in [3.63, 3.8) is 0 Å². The Morgan fingerprint density at radius 3 is 2.47 bits per heavy atom. The normalized spacial score (nSPS) is 14.3. The van der Waals surface area contributed by atoms with Crippen molar-refractivity contribution in [1.82, 2.24) is 28.9 Å². The molecule has 6 aromatic rings. The number of piperazine rings is 1. The summed E-state index contributed by atoms with van der Waals surface area (Å²) >= 11 is 0. The second kappa shape index (κ2) is 12.8. The first-order chi connectivity index (χ1) is 24.0. The van der Waals surface area contributed by atoms with Gasteiger partial charge in [0.05, 0.1) is 17.4 Å². The van der Waals surface area contributed by atoms with Crippen LogP contribution in [0.25, 0.3) is 16.7 Å². The van der Waals surface area contributed by atoms with Crippen LogP contribution in [0.4, 0.5) is 5.69 Å². The van der Waals surface area contributed by atoms with Crippen molar-refractivity contribution in [3.8, 4) is 28.9 Å². The number of nitrogens with zero attached hydrogens (tertiary/aromatic N) is 6. The molecule has 1 N–H and O–H groups in total. The number of hydrogen-bond acceptors (Lipinski definition) is 8. The predicted molar refractivity (Wildman–Crippen MR) is 182 cm³/mol. The minimum absolute atomic E-state index is 0.0100. The van der Waals surface area contributed by atoms with Gasteiger partial charge in [0.15, 0.2) is 11.5 Å². The van der Waals surface area contributed by atoms with Crippen LogP contribution in [-0.4, -0.2) is 73.7 Å². The van der Waals surface area contributed by atoms with Gasteiger partial charge < -0.3 is 33.6 Å². The Morgan fingerprint density at radius 1 is 0.857 bits per heavy atom. The molecule has 0 aliphatic carbocycles. The fraction of sp³-hybridized carbons (Fsp3) is 0.189. The number of aromatic nitrogens is 4. The van der Waals surface area contributed by atoms with Crippen molar-refractivity contribution >= 4 is 28.4 Å². The number of amides is 2. The van der Waals surface area contributed by atoms with E-state index in [-0.39, 0.29) is 18.6 Å². The summed E-state index contributed by atoms with van der Waals surface area (Å²) in [6.45, 7) is 3.94. The van der Waals surface area contributed by atoms with Gasteiger partial charge in [0.25, 0.3) is 11.8 Å². The molecule has 0 bridgehead atoms. The number of fused-ring (bicyclic) bond motifs is 2. The Hall–Kier alpha value is -6.14. The van der Waals surface area contributed by atoms with Gasteiger partial charge in [0, 0.05) is 75.3 Å². The van der Waals surface area contributed by atoms with Crippen molar-refractivity contribution in [2.75, 3.05) is 38.3 Å². The number of carbonyl (C=O) groups excluding carboxylic acids is 2. The molecular weight excluding hydrogens is 622 g/mol. The van der Waals surface area contributed by atoms with E-state index < -0.39 is 0 Å². The van der Waals surface area contributed by atoms with Crippen LogP contribution >= 0.6 is 0 Å². The summed E-state index contributed by atoms with van der Waals surface area (Å²) in [4.78, 5) is 39.4. The van der Waals surface area contributed by atoms with Crippen molar-refractivity contribution in [2.45, 2.75) is 6.54 Å². The molecule has 2 aliphatic heterocycles. The maximum absolute atomic E-state index is 13.6. The predicted octanol–water partition coefficient (Wildman–Crippen LogP) is 5.49. The van der Waals surface area contributed by atoms with Gasteiger partial charge in [-0.2, -0.15) is 0 Å². The summed E-state index contributed by atoms with van der Waals surface area (Å²) in [6.07, 6.45) is 6.87. The van der Waals surface area contributed by atoms with E-state index in [1.54, 1.807) is 36.7 Å². The molecule has 49 heavy (non-hydrogen) atoms. The fourth-order valence-corrected chi connectivity index (χ4v) is 6.16. The Kier molecular flexibility index (Phi) is 7.90. The molecule has 1 saturated heterocycles. The quantitative estimate of drug-likeness (QED) is 0.229. The van der Waals surface area contributed by atoms with E-state index in [1.807, 2.05) is 82.0 Å². The molecule has 0 saturated carbocycles. The molecule has 0 radical (unpaired) electrons. The zero-order chi connectivity index (χ0) is 33.3. The molecular formula is C37H33N7O5. The zero-order valence-electron chi connectivity index (χ0n) is 26.8. The standard InChI is InChI=1S/C37H33N7O5/c1-41-30-8-7-29(49-35-11-6-28(22-39-35)40-36(45)26-5-10-34(38-21-26)43-12-2-3-13-43)19-27(30)20-31(41)37(46)44-16-14-42(15-17-44)23-25-4-9-32-33(18-25)48-24-47-32/h2-13,18-22H,14-17,23-24H2,1H3,(H,40,45). The number of nitrogens with one attached hydrogen (secondary N) is 1. The second-order valence-corrected chi connectivity index (χ2v) is 12.0. The molecule has 2 amide bonds. The van der Waals surface area contributed by atoms with Crippen molar-refractivity contribution < 1.29 is 23.8 Å². The van der Waals surface area contributed by atoms with Crippen molar-refractivity contribution in [3.05, 3.63) is 120 Å². The minimum atomic E-state index is -0.287. The van der Waals surface area contributed by atoms with Gasteiger partial charge in [0.2, 0.25) is 12.7 Å². The van der Waals surface area contributed by atoms with E-state index in [2.05, 4.69) is 26.3 Å². The summed E-state index contributed by atoms with van der Waals surface area (Å²) in [7, 11) is 1.91. The number of carbonyl (C=O) groups is 2. The van der Waals surface area contributed by atoms with Crippen LogP contribution in [0.2, 0.25) is 0 Å². The first-order valence-electron chi connectivity index (χ1n) is 16.0. The molecule has 0 unspecified atom stereocenters. The highest BCUT2D eigenvalue weighted by Crippen LogP contribution is 2.33. The van der Waals surface area contributed by atoms with E-state index in [0.29, 0.717) is 41.7 Å². The molecule has 0 atom stereocenters. The van der Waals surface area contributed by atoms with Gasteiger partial charge in [-0.3, -0.25) is 14.5 Å². The van der Waals surface area contributed by atoms with Gasteiger partial charge in [-0.1, -0.05) is 6.07 Å². The van der Waals surface area contributed by atoms with E-state index in [0.717, 1.165) is 53.4 Å². The third kappa shape index (κ3) is 6.29. The molecule has 4 aromatic heterocycles. The third-order valence-electron chi connectivity index (χ3n) is 8.83. The molecule has 2 aromatic carbocycles. The van der Waals surface area contributed by atoms with Crippen molar-refractivity contribution in [2.24, 2.45) is 7.05 Å². The van der Waals surface area contributed by atoms with Gasteiger partial charge >= 0.3 is 0 Å². The van der Waals surface area contributed by atoms with E-state index in [1.165, 1.54) is 0 Å². The first-order valence-corrected chi connectivity index (χ1v) is 16.0. The maximum atomic E-state index is 13.6. The Labute approximate surface area is 282 Å². The topological polar surface area (TPSA) is 116 Å². The van der Waals surface area contributed by atoms with Crippen LogP contribution in [0.1, 0.15) is 26.4 Å². The molecule has 6 heterocycles. The molecule has 0 spiro atoms. The van der Waals surface area contributed by atoms with Crippen molar-refractivity contribution in [1.29, 1.82) is 0 Å². The third-order valence-corrected chi connectivity index (χ3v) is 8.83. The molecule has 12 heteroatoms. The van der Waals surface area contributed by atoms with Crippen LogP contribution in [0.3, 0.4) is 0 Å². The summed E-state index contributed by atoms with van der Waals surface area (Å²) < 4.78 is 20.8. The van der Waals surface area contributed by atoms with Gasteiger partial charge in [0.1, 0.15) is 17.3 Å². The largest absolute Gasteiger partial charge is 0.454 e. The summed E-state index contributed by atoms with van der Waals surface area (Å²) in [5.74, 6) is 2.99. The molecule has 1 fully saturated rings. The molecule has 2 aliphatic rings. The van der Waals surface area contributed by atoms with E-state index >= 15 is 0 Å². The summed E-state index contributed by atoms with van der Waals surface area (Å²) in [5, 5.41) is 3.74. The SMILES string of the molecule is Cn1c(C(=O)N2CCN(Cc3ccc4c(c3)OCO4)CC2)cc2cc(Oc3ccc(NC(=O)c4ccc(-n5cccc5)nc4)cn3)ccc21. The fourth-order valence-electron chi connectivity index (χ4n) is 6.16. The van der Waals surface area contributed by atoms with Crippen LogP contribution in [0.15, 0.2) is 104 Å². The maximum Gasteiger partial charge on any atom is 0.270 e. The molecule has 246 valence electrons. The highest BCUT2D eigenvalue weighted by molar-refractivity contribution is 6.04. The number of rotatable bonds is 8. The lowest BCUT2D eigenvalue weighted by atomic mass is 10.1. The van der Waals surface area contributed by atoms with Gasteiger partial charge in [-0.25, -0.2) is 9.97 Å². The Morgan fingerprint density at radius 2 is 1.69 bits per heavy atom. The van der Waals surface area contributed by atoms with Crippen LogP contribution in [0.5, 0.6) is 23.1 Å². The smallest absolute Gasteiger partial charge is 0.270 e. The van der Waals surface area contributed by atoms with Crippen LogP contribution in [0, 0.1) is 0 Å². The molecule has 8 rings (SSSR count). The average Bonchev–Trinajstić information content (AvgIpc) is 3.90. The van der Waals surface area contributed by atoms with E-state index in [9.17, 15) is 9.59 Å². The number of aryl methyl sites for hydroxylation is 1. The lowest BCUT2D eigenvalue weighted by molar-refractivity contribution is 0.0619. The molecule has 12 nitrogen and oxygen atoms in total. The Bertz CT molecular complexity index is 2140. The minimum Gasteiger partial charge on any atom is -0.454 e. The number of anilines is 1. The Balaban J connectivity index is 0.872. The van der Waals surface area contributed by atoms with E-state index in [4.69, 9.17) is 14.2 Å². The summed E-state index contributed by atoms with van der Waals surface area (Å²) in [5.41, 5.74) is 3.69. The second-order valence-electron chi connectivity index (χ2n) is 12.0. The van der Waals surface area contributed by atoms with Gasteiger partial charge in [-0.05, 0) is 72.3 Å². The number of benzene rings is 2. The number of hydrogen-bond donors (Lipinski definition) is 1. The lowest BCUT2D eigenvalue weighted by Gasteiger charge is -2.34. The van der Waals surface area contributed by atoms with Gasteiger partial charge in [-0.15, -0.1) is 0 Å². The highest BCUT2D eigenvalue weighted by atomic mass is 16.7. The van der Waals surface area contributed by atoms with Crippen LogP contribution < -0.4 is 19.5 Å². The number of pyridine rings is 2.